The molecule has 3 aliphatic rings. The molecule has 7 nitrogen and oxygen atoms in total. The fourth-order valence-electron chi connectivity index (χ4n) is 5.50. The molecule has 0 aliphatic carbocycles. The van der Waals surface area contributed by atoms with Gasteiger partial charge < -0.3 is 15.1 Å². The van der Waals surface area contributed by atoms with Crippen molar-refractivity contribution in [2.45, 2.75) is 58.0 Å². The number of hydrogen-bond donors (Lipinski definition) is 1. The summed E-state index contributed by atoms with van der Waals surface area (Å²) >= 11 is 0. The van der Waals surface area contributed by atoms with Crippen molar-refractivity contribution >= 4 is 17.4 Å². The van der Waals surface area contributed by atoms with Gasteiger partial charge in [-0.15, -0.1) is 0 Å². The van der Waals surface area contributed by atoms with Gasteiger partial charge in [-0.25, -0.2) is 9.97 Å². The highest BCUT2D eigenvalue weighted by Crippen LogP contribution is 2.31. The summed E-state index contributed by atoms with van der Waals surface area (Å²) in [7, 11) is 1.93. The molecule has 176 valence electrons. The molecule has 0 saturated carbocycles. The third-order valence-corrected chi connectivity index (χ3v) is 7.53. The molecule has 0 unspecified atom stereocenters. The number of rotatable bonds is 5. The molecule has 5 rings (SSSR count). The highest BCUT2D eigenvalue weighted by molar-refractivity contribution is 5.73. The van der Waals surface area contributed by atoms with Crippen molar-refractivity contribution in [2.24, 2.45) is 0 Å². The Morgan fingerprint density at radius 1 is 1.03 bits per heavy atom. The lowest BCUT2D eigenvalue weighted by Crippen LogP contribution is -2.36. The molecular weight excluding hydrogens is 412 g/mol. The van der Waals surface area contributed by atoms with Crippen molar-refractivity contribution in [1.82, 2.24) is 19.8 Å². The highest BCUT2D eigenvalue weighted by atomic mass is 16.2. The lowest BCUT2D eigenvalue weighted by molar-refractivity contribution is -0.129. The van der Waals surface area contributed by atoms with Gasteiger partial charge in [0.2, 0.25) is 5.91 Å². The number of aromatic nitrogens is 2. The SMILES string of the molecule is CNc1nc(C2CCN(Cc3ccc(N4CCCC4)cc3)CC2)nc2c1CCN(C(C)=O)C2. The second-order valence-corrected chi connectivity index (χ2v) is 9.71. The maximum absolute atomic E-state index is 11.9. The number of anilines is 2. The van der Waals surface area contributed by atoms with Crippen LogP contribution >= 0.6 is 0 Å². The topological polar surface area (TPSA) is 64.6 Å². The number of benzene rings is 1. The number of piperidine rings is 1. The molecule has 33 heavy (non-hydrogen) atoms. The number of nitrogens with zero attached hydrogens (tertiary/aromatic N) is 5. The summed E-state index contributed by atoms with van der Waals surface area (Å²) in [5.74, 6) is 2.38. The number of likely N-dealkylation sites (tertiary alicyclic amines) is 1. The van der Waals surface area contributed by atoms with E-state index < -0.39 is 0 Å². The average molecular weight is 449 g/mol. The van der Waals surface area contributed by atoms with Crippen LogP contribution < -0.4 is 10.2 Å². The molecule has 4 heterocycles. The van der Waals surface area contributed by atoms with Crippen LogP contribution in [0.3, 0.4) is 0 Å². The van der Waals surface area contributed by atoms with Gasteiger partial charge in [-0.05, 0) is 62.9 Å². The first-order valence-electron chi connectivity index (χ1n) is 12.5. The Kier molecular flexibility index (Phi) is 6.49. The maximum atomic E-state index is 11.9. The average Bonchev–Trinajstić information content (AvgIpc) is 3.39. The molecule has 2 aromatic rings. The first kappa shape index (κ1) is 22.1. The number of hydrogen-bond acceptors (Lipinski definition) is 6. The van der Waals surface area contributed by atoms with Crippen LogP contribution in [0.1, 0.15) is 61.2 Å². The van der Waals surface area contributed by atoms with Crippen molar-refractivity contribution < 1.29 is 4.79 Å². The second kappa shape index (κ2) is 9.67. The third kappa shape index (κ3) is 4.83. The summed E-state index contributed by atoms with van der Waals surface area (Å²) in [6, 6.07) is 9.18. The van der Waals surface area contributed by atoms with Gasteiger partial charge >= 0.3 is 0 Å². The molecule has 0 spiro atoms. The van der Waals surface area contributed by atoms with Gasteiger partial charge in [-0.3, -0.25) is 9.69 Å². The van der Waals surface area contributed by atoms with E-state index >= 15 is 0 Å². The van der Waals surface area contributed by atoms with Crippen LogP contribution in [0.15, 0.2) is 24.3 Å². The van der Waals surface area contributed by atoms with Gasteiger partial charge in [0.15, 0.2) is 0 Å². The fourth-order valence-corrected chi connectivity index (χ4v) is 5.50. The largest absolute Gasteiger partial charge is 0.373 e. The summed E-state index contributed by atoms with van der Waals surface area (Å²) in [4.78, 5) is 28.7. The molecule has 1 aromatic carbocycles. The zero-order valence-electron chi connectivity index (χ0n) is 20.0. The van der Waals surface area contributed by atoms with Gasteiger partial charge in [0.1, 0.15) is 11.6 Å². The summed E-state index contributed by atoms with van der Waals surface area (Å²) < 4.78 is 0. The molecule has 2 saturated heterocycles. The number of nitrogens with one attached hydrogen (secondary N) is 1. The molecule has 1 N–H and O–H groups in total. The molecule has 3 aliphatic heterocycles. The van der Waals surface area contributed by atoms with Crippen LogP contribution in [-0.4, -0.2) is 65.4 Å². The predicted molar refractivity (Wildman–Crippen MR) is 132 cm³/mol. The van der Waals surface area contributed by atoms with Crippen LogP contribution in [0.4, 0.5) is 11.5 Å². The second-order valence-electron chi connectivity index (χ2n) is 9.71. The van der Waals surface area contributed by atoms with Crippen LogP contribution in [0, 0.1) is 0 Å². The van der Waals surface area contributed by atoms with E-state index in [2.05, 4.69) is 39.4 Å². The standard InChI is InChI=1S/C26H36N6O/c1-19(33)32-16-11-23-24(18-32)28-25(29-26(23)27-2)21-9-14-30(15-10-21)17-20-5-7-22(8-6-20)31-12-3-4-13-31/h5-8,21H,3-4,9-18H2,1-2H3,(H,27,28,29). The van der Waals surface area contributed by atoms with Gasteiger partial charge in [0.25, 0.3) is 0 Å². The summed E-state index contributed by atoms with van der Waals surface area (Å²) in [5.41, 5.74) is 4.95. The van der Waals surface area contributed by atoms with Crippen LogP contribution in [0.5, 0.6) is 0 Å². The number of carbonyl (C=O) groups is 1. The minimum Gasteiger partial charge on any atom is -0.373 e. The normalized spacial score (nSPS) is 19.6. The third-order valence-electron chi connectivity index (χ3n) is 7.53. The molecule has 0 bridgehead atoms. The summed E-state index contributed by atoms with van der Waals surface area (Å²) in [6.07, 6.45) is 5.60. The molecule has 0 atom stereocenters. The van der Waals surface area contributed by atoms with Crippen molar-refractivity contribution in [3.8, 4) is 0 Å². The van der Waals surface area contributed by atoms with Crippen molar-refractivity contribution in [3.05, 3.63) is 46.9 Å². The molecule has 2 fully saturated rings. The van der Waals surface area contributed by atoms with Gasteiger partial charge in [-0.2, -0.15) is 0 Å². The van der Waals surface area contributed by atoms with E-state index in [1.165, 1.54) is 42.7 Å². The minimum absolute atomic E-state index is 0.119. The Bertz CT molecular complexity index is 977. The number of carbonyl (C=O) groups excluding carboxylic acids is 1. The van der Waals surface area contributed by atoms with E-state index in [4.69, 9.17) is 9.97 Å². The van der Waals surface area contributed by atoms with Crippen LogP contribution in [-0.2, 0) is 24.3 Å². The monoisotopic (exact) mass is 448 g/mol. The van der Waals surface area contributed by atoms with Gasteiger partial charge in [0.05, 0.1) is 12.2 Å². The Morgan fingerprint density at radius 3 is 2.42 bits per heavy atom. The zero-order valence-corrected chi connectivity index (χ0v) is 20.0. The first-order chi connectivity index (χ1) is 16.1. The fraction of sp³-hybridized carbons (Fsp3) is 0.577. The summed E-state index contributed by atoms with van der Waals surface area (Å²) in [5, 5.41) is 3.28. The quantitative estimate of drug-likeness (QED) is 0.756. The highest BCUT2D eigenvalue weighted by Gasteiger charge is 2.28. The predicted octanol–water partition coefficient (Wildman–Crippen LogP) is 3.40. The first-order valence-corrected chi connectivity index (χ1v) is 12.5. The summed E-state index contributed by atoms with van der Waals surface area (Å²) in [6.45, 7) is 8.51. The lowest BCUT2D eigenvalue weighted by Gasteiger charge is -2.33. The number of amides is 1. The van der Waals surface area contributed by atoms with E-state index in [0.717, 1.165) is 62.8 Å². The van der Waals surface area contributed by atoms with E-state index in [1.54, 1.807) is 6.92 Å². The Balaban J connectivity index is 1.21. The smallest absolute Gasteiger partial charge is 0.219 e. The van der Waals surface area contributed by atoms with E-state index in [1.807, 2.05) is 11.9 Å². The van der Waals surface area contributed by atoms with Gasteiger partial charge in [-0.1, -0.05) is 12.1 Å². The molecule has 1 aromatic heterocycles. The molecule has 1 amide bonds. The Morgan fingerprint density at radius 2 is 1.76 bits per heavy atom. The Hall–Kier alpha value is -2.67. The van der Waals surface area contributed by atoms with E-state index in [-0.39, 0.29) is 5.91 Å². The maximum Gasteiger partial charge on any atom is 0.219 e. The zero-order chi connectivity index (χ0) is 22.8. The molecule has 7 heteroatoms. The van der Waals surface area contributed by atoms with Crippen LogP contribution in [0.25, 0.3) is 0 Å². The van der Waals surface area contributed by atoms with Crippen molar-refractivity contribution in [3.63, 3.8) is 0 Å². The Labute approximate surface area is 197 Å². The minimum atomic E-state index is 0.119. The molecule has 0 radical (unpaired) electrons. The van der Waals surface area contributed by atoms with Crippen molar-refractivity contribution in [1.29, 1.82) is 0 Å². The van der Waals surface area contributed by atoms with E-state index in [0.29, 0.717) is 12.5 Å². The number of fused-ring (bicyclic) bond motifs is 1. The van der Waals surface area contributed by atoms with Crippen molar-refractivity contribution in [2.75, 3.05) is 50.0 Å². The molecular formula is C26H36N6O. The lowest BCUT2D eigenvalue weighted by atomic mass is 9.94. The van der Waals surface area contributed by atoms with Gasteiger partial charge in [0, 0.05) is 57.3 Å². The van der Waals surface area contributed by atoms with E-state index in [9.17, 15) is 4.79 Å². The van der Waals surface area contributed by atoms with Crippen LogP contribution in [0.2, 0.25) is 0 Å².